The fraction of sp³-hybridized carbons (Fsp3) is 0.600. The zero-order valence-electron chi connectivity index (χ0n) is 11.8. The highest BCUT2D eigenvalue weighted by atomic mass is 19.1. The lowest BCUT2D eigenvalue weighted by atomic mass is 9.85. The molecule has 1 aromatic carbocycles. The number of hydrogen-bond acceptors (Lipinski definition) is 2. The van der Waals surface area contributed by atoms with Gasteiger partial charge >= 0.3 is 0 Å². The topological polar surface area (TPSA) is 38.0 Å². The fourth-order valence-corrected chi connectivity index (χ4v) is 2.35. The number of nitrogens with two attached hydrogens (primary N) is 1. The van der Waals surface area contributed by atoms with Gasteiger partial charge in [0.15, 0.2) is 0 Å². The maximum Gasteiger partial charge on any atom is 0.146 e. The molecule has 0 aliphatic heterocycles. The van der Waals surface area contributed by atoms with E-state index < -0.39 is 0 Å². The Bertz CT molecular complexity index is 367. The largest absolute Gasteiger partial charge is 0.396 e. The van der Waals surface area contributed by atoms with Crippen LogP contribution in [0.5, 0.6) is 0 Å². The molecule has 0 heterocycles. The Balaban J connectivity index is 2.53. The van der Waals surface area contributed by atoms with E-state index in [1.807, 2.05) is 6.07 Å². The summed E-state index contributed by atoms with van der Waals surface area (Å²) < 4.78 is 13.3. The summed E-state index contributed by atoms with van der Waals surface area (Å²) in [5.41, 5.74) is 6.80. The first-order chi connectivity index (χ1) is 8.43. The van der Waals surface area contributed by atoms with Crippen molar-refractivity contribution in [2.45, 2.75) is 34.2 Å². The number of hydrogen-bond donors (Lipinski definition) is 2. The Kier molecular flexibility index (Phi) is 5.60. The Labute approximate surface area is 110 Å². The van der Waals surface area contributed by atoms with E-state index in [0.29, 0.717) is 24.3 Å². The van der Waals surface area contributed by atoms with Crippen LogP contribution in [0.25, 0.3) is 0 Å². The average molecular weight is 252 g/mol. The SMILES string of the molecule is CC(C)C(CNCc1cccc(F)c1N)C(C)C. The van der Waals surface area contributed by atoms with Crippen molar-refractivity contribution >= 4 is 5.69 Å². The summed E-state index contributed by atoms with van der Waals surface area (Å²) >= 11 is 0. The molecule has 0 bridgehead atoms. The van der Waals surface area contributed by atoms with Crippen molar-refractivity contribution in [2.24, 2.45) is 17.8 Å². The number of anilines is 1. The maximum atomic E-state index is 13.3. The van der Waals surface area contributed by atoms with Gasteiger partial charge in [-0.25, -0.2) is 4.39 Å². The number of nitrogens with one attached hydrogen (secondary N) is 1. The van der Waals surface area contributed by atoms with Crippen LogP contribution in [0, 0.1) is 23.6 Å². The highest BCUT2D eigenvalue weighted by molar-refractivity contribution is 5.47. The first-order valence-electron chi connectivity index (χ1n) is 6.67. The highest BCUT2D eigenvalue weighted by Gasteiger charge is 2.16. The number of halogens is 1. The molecule has 0 aromatic heterocycles. The van der Waals surface area contributed by atoms with Crippen molar-refractivity contribution in [1.82, 2.24) is 5.32 Å². The minimum Gasteiger partial charge on any atom is -0.396 e. The predicted molar refractivity (Wildman–Crippen MR) is 75.7 cm³/mol. The highest BCUT2D eigenvalue weighted by Crippen LogP contribution is 2.20. The molecule has 1 aromatic rings. The number of nitrogen functional groups attached to an aromatic ring is 1. The van der Waals surface area contributed by atoms with Crippen LogP contribution in [-0.4, -0.2) is 6.54 Å². The summed E-state index contributed by atoms with van der Waals surface area (Å²) in [5.74, 6) is 1.57. The standard InChI is InChI=1S/C15H25FN2/c1-10(2)13(11(3)4)9-18-8-12-6-5-7-14(16)15(12)17/h5-7,10-11,13,18H,8-9,17H2,1-4H3. The monoisotopic (exact) mass is 252 g/mol. The molecule has 0 atom stereocenters. The van der Waals surface area contributed by atoms with E-state index in [9.17, 15) is 4.39 Å². The second kappa shape index (κ2) is 6.74. The number of rotatable bonds is 6. The lowest BCUT2D eigenvalue weighted by Crippen LogP contribution is -2.29. The van der Waals surface area contributed by atoms with E-state index >= 15 is 0 Å². The molecule has 0 radical (unpaired) electrons. The van der Waals surface area contributed by atoms with Gasteiger partial charge in [0.05, 0.1) is 5.69 Å². The summed E-state index contributed by atoms with van der Waals surface area (Å²) in [6.45, 7) is 10.5. The van der Waals surface area contributed by atoms with Crippen LogP contribution < -0.4 is 11.1 Å². The molecule has 2 nitrogen and oxygen atoms in total. The van der Waals surface area contributed by atoms with Crippen molar-refractivity contribution in [3.63, 3.8) is 0 Å². The van der Waals surface area contributed by atoms with Crippen molar-refractivity contribution < 1.29 is 4.39 Å². The fourth-order valence-electron chi connectivity index (χ4n) is 2.35. The van der Waals surface area contributed by atoms with Crippen LogP contribution in [0.15, 0.2) is 18.2 Å². The van der Waals surface area contributed by atoms with Crippen LogP contribution in [0.3, 0.4) is 0 Å². The molecular weight excluding hydrogens is 227 g/mol. The third kappa shape index (κ3) is 3.98. The van der Waals surface area contributed by atoms with E-state index in [1.165, 1.54) is 6.07 Å². The van der Waals surface area contributed by atoms with Crippen molar-refractivity contribution in [1.29, 1.82) is 0 Å². The normalized spacial score (nSPS) is 11.8. The maximum absolute atomic E-state index is 13.3. The molecule has 0 spiro atoms. The summed E-state index contributed by atoms with van der Waals surface area (Å²) in [6, 6.07) is 4.96. The van der Waals surface area contributed by atoms with Gasteiger partial charge in [0.1, 0.15) is 5.82 Å². The van der Waals surface area contributed by atoms with E-state index in [2.05, 4.69) is 33.0 Å². The summed E-state index contributed by atoms with van der Waals surface area (Å²) in [6.07, 6.45) is 0. The quantitative estimate of drug-likeness (QED) is 0.761. The van der Waals surface area contributed by atoms with E-state index in [-0.39, 0.29) is 11.5 Å². The van der Waals surface area contributed by atoms with E-state index in [1.54, 1.807) is 6.07 Å². The van der Waals surface area contributed by atoms with Crippen LogP contribution >= 0.6 is 0 Å². The van der Waals surface area contributed by atoms with Crippen molar-refractivity contribution in [3.8, 4) is 0 Å². The zero-order valence-corrected chi connectivity index (χ0v) is 11.8. The van der Waals surface area contributed by atoms with Gasteiger partial charge in [-0.3, -0.25) is 0 Å². The van der Waals surface area contributed by atoms with Gasteiger partial charge < -0.3 is 11.1 Å². The van der Waals surface area contributed by atoms with Gasteiger partial charge in [-0.05, 0) is 35.9 Å². The lowest BCUT2D eigenvalue weighted by Gasteiger charge is -2.25. The molecular formula is C15H25FN2. The third-order valence-electron chi connectivity index (χ3n) is 3.55. The first-order valence-corrected chi connectivity index (χ1v) is 6.67. The molecule has 0 fully saturated rings. The smallest absolute Gasteiger partial charge is 0.146 e. The van der Waals surface area contributed by atoms with Crippen molar-refractivity contribution in [2.75, 3.05) is 12.3 Å². The molecule has 3 heteroatoms. The van der Waals surface area contributed by atoms with E-state index in [0.717, 1.165) is 12.1 Å². The van der Waals surface area contributed by atoms with Crippen LogP contribution in [-0.2, 0) is 6.54 Å². The molecule has 0 saturated heterocycles. The lowest BCUT2D eigenvalue weighted by molar-refractivity contribution is 0.275. The second-order valence-corrected chi connectivity index (χ2v) is 5.60. The molecule has 0 unspecified atom stereocenters. The zero-order chi connectivity index (χ0) is 13.7. The average Bonchev–Trinajstić information content (AvgIpc) is 2.28. The first kappa shape index (κ1) is 15.0. The third-order valence-corrected chi connectivity index (χ3v) is 3.55. The molecule has 102 valence electrons. The Hall–Kier alpha value is -1.09. The molecule has 18 heavy (non-hydrogen) atoms. The molecule has 0 aliphatic rings. The summed E-state index contributed by atoms with van der Waals surface area (Å²) in [4.78, 5) is 0. The van der Waals surface area contributed by atoms with Gasteiger partial charge in [0.2, 0.25) is 0 Å². The van der Waals surface area contributed by atoms with E-state index in [4.69, 9.17) is 5.73 Å². The van der Waals surface area contributed by atoms with Gasteiger partial charge in [0, 0.05) is 6.54 Å². The second-order valence-electron chi connectivity index (χ2n) is 5.60. The summed E-state index contributed by atoms with van der Waals surface area (Å²) in [7, 11) is 0. The van der Waals surface area contributed by atoms with Crippen LogP contribution in [0.4, 0.5) is 10.1 Å². The van der Waals surface area contributed by atoms with Gasteiger partial charge in [-0.15, -0.1) is 0 Å². The Morgan fingerprint density at radius 3 is 2.33 bits per heavy atom. The predicted octanol–water partition coefficient (Wildman–Crippen LogP) is 3.43. The van der Waals surface area contributed by atoms with Crippen molar-refractivity contribution in [3.05, 3.63) is 29.6 Å². The molecule has 0 amide bonds. The Morgan fingerprint density at radius 1 is 1.17 bits per heavy atom. The molecule has 1 rings (SSSR count). The van der Waals surface area contributed by atoms with Crippen LogP contribution in [0.1, 0.15) is 33.3 Å². The van der Waals surface area contributed by atoms with Gasteiger partial charge in [-0.2, -0.15) is 0 Å². The molecule has 3 N–H and O–H groups in total. The van der Waals surface area contributed by atoms with Gasteiger partial charge in [-0.1, -0.05) is 39.8 Å². The molecule has 0 aliphatic carbocycles. The minimum atomic E-state index is -0.335. The number of benzene rings is 1. The van der Waals surface area contributed by atoms with Gasteiger partial charge in [0.25, 0.3) is 0 Å². The number of para-hydroxylation sites is 1. The summed E-state index contributed by atoms with van der Waals surface area (Å²) in [5, 5.41) is 3.39. The van der Waals surface area contributed by atoms with Crippen LogP contribution in [0.2, 0.25) is 0 Å². The minimum absolute atomic E-state index is 0.260. The molecule has 0 saturated carbocycles. The Morgan fingerprint density at radius 2 is 1.78 bits per heavy atom.